The van der Waals surface area contributed by atoms with Crippen LogP contribution in [-0.4, -0.2) is 22.5 Å². The molecule has 1 fully saturated rings. The first-order valence-corrected chi connectivity index (χ1v) is 9.65. The lowest BCUT2D eigenvalue weighted by molar-refractivity contribution is -0.122. The molecule has 27 heavy (non-hydrogen) atoms. The number of carbonyl (C=O) groups is 1. The summed E-state index contributed by atoms with van der Waals surface area (Å²) in [6, 6.07) is 12.9. The summed E-state index contributed by atoms with van der Waals surface area (Å²) in [7, 11) is 0. The van der Waals surface area contributed by atoms with E-state index in [1.807, 2.05) is 37.3 Å². The SMILES string of the molecule is CCCN1C(=O)/C(=C/c2ccc(OCc3ccc(Cl)c(Cl)c3)cc2)NC1=S. The van der Waals surface area contributed by atoms with Crippen LogP contribution >= 0.6 is 35.4 Å². The molecule has 0 spiro atoms. The highest BCUT2D eigenvalue weighted by molar-refractivity contribution is 7.80. The summed E-state index contributed by atoms with van der Waals surface area (Å²) < 4.78 is 5.77. The van der Waals surface area contributed by atoms with Gasteiger partial charge in [0, 0.05) is 6.54 Å². The lowest BCUT2D eigenvalue weighted by Gasteiger charge is -2.11. The quantitative estimate of drug-likeness (QED) is 0.524. The van der Waals surface area contributed by atoms with Gasteiger partial charge in [0.1, 0.15) is 18.1 Å². The fourth-order valence-electron chi connectivity index (χ4n) is 2.62. The molecule has 1 N–H and O–H groups in total. The van der Waals surface area contributed by atoms with Crippen LogP contribution in [0.2, 0.25) is 10.0 Å². The summed E-state index contributed by atoms with van der Waals surface area (Å²) in [5, 5.41) is 4.45. The van der Waals surface area contributed by atoms with E-state index in [1.54, 1.807) is 23.1 Å². The van der Waals surface area contributed by atoms with Gasteiger partial charge in [-0.3, -0.25) is 9.69 Å². The number of nitrogens with zero attached hydrogens (tertiary/aromatic N) is 1. The lowest BCUT2D eigenvalue weighted by Crippen LogP contribution is -2.31. The Labute approximate surface area is 173 Å². The van der Waals surface area contributed by atoms with Gasteiger partial charge in [0.25, 0.3) is 5.91 Å². The number of hydrogen-bond donors (Lipinski definition) is 1. The average molecular weight is 421 g/mol. The van der Waals surface area contributed by atoms with Crippen LogP contribution in [0.3, 0.4) is 0 Å². The van der Waals surface area contributed by atoms with Crippen molar-refractivity contribution in [2.45, 2.75) is 20.0 Å². The zero-order valence-electron chi connectivity index (χ0n) is 14.7. The Morgan fingerprint density at radius 2 is 1.89 bits per heavy atom. The van der Waals surface area contributed by atoms with Crippen LogP contribution in [-0.2, 0) is 11.4 Å². The van der Waals surface area contributed by atoms with Crippen LogP contribution in [0.15, 0.2) is 48.2 Å². The second-order valence-electron chi connectivity index (χ2n) is 6.05. The van der Waals surface area contributed by atoms with Gasteiger partial charge in [-0.25, -0.2) is 0 Å². The predicted molar refractivity (Wildman–Crippen MR) is 113 cm³/mol. The molecule has 2 aromatic rings. The van der Waals surface area contributed by atoms with Crippen molar-refractivity contribution in [3.8, 4) is 5.75 Å². The standard InChI is InChI=1S/C20H18Cl2N2O2S/c1-2-9-24-19(25)18(23-20(24)27)11-13-3-6-15(7-4-13)26-12-14-5-8-16(21)17(22)10-14/h3-8,10-11H,2,9,12H2,1H3,(H,23,27)/b18-11-. The van der Waals surface area contributed by atoms with Crippen molar-refractivity contribution in [2.24, 2.45) is 0 Å². The number of thiocarbonyl (C=S) groups is 1. The number of ether oxygens (including phenoxy) is 1. The molecule has 0 aromatic heterocycles. The number of benzene rings is 2. The third-order valence-electron chi connectivity index (χ3n) is 3.99. The van der Waals surface area contributed by atoms with Crippen molar-refractivity contribution in [3.63, 3.8) is 0 Å². The van der Waals surface area contributed by atoms with E-state index in [2.05, 4.69) is 5.32 Å². The molecule has 7 heteroatoms. The van der Waals surface area contributed by atoms with Crippen LogP contribution in [0.5, 0.6) is 5.75 Å². The first kappa shape index (κ1) is 19.7. The third-order valence-corrected chi connectivity index (χ3v) is 5.05. The van der Waals surface area contributed by atoms with Crippen LogP contribution < -0.4 is 10.1 Å². The van der Waals surface area contributed by atoms with Gasteiger partial charge in [-0.2, -0.15) is 0 Å². The van der Waals surface area contributed by atoms with Gasteiger partial charge >= 0.3 is 0 Å². The Morgan fingerprint density at radius 3 is 2.56 bits per heavy atom. The normalized spacial score (nSPS) is 15.4. The van der Waals surface area contributed by atoms with Gasteiger partial charge in [-0.1, -0.05) is 48.3 Å². The van der Waals surface area contributed by atoms with E-state index < -0.39 is 0 Å². The van der Waals surface area contributed by atoms with Crippen LogP contribution in [0.4, 0.5) is 0 Å². The van der Waals surface area contributed by atoms with Crippen LogP contribution in [0, 0.1) is 0 Å². The van der Waals surface area contributed by atoms with Crippen molar-refractivity contribution < 1.29 is 9.53 Å². The largest absolute Gasteiger partial charge is 0.489 e. The molecule has 1 amide bonds. The molecule has 140 valence electrons. The average Bonchev–Trinajstić information content (AvgIpc) is 2.92. The molecule has 0 unspecified atom stereocenters. The highest BCUT2D eigenvalue weighted by Crippen LogP contribution is 2.24. The highest BCUT2D eigenvalue weighted by Gasteiger charge is 2.29. The van der Waals surface area contributed by atoms with Gasteiger partial charge in [0.2, 0.25) is 0 Å². The maximum Gasteiger partial charge on any atom is 0.276 e. The smallest absolute Gasteiger partial charge is 0.276 e. The zero-order valence-corrected chi connectivity index (χ0v) is 17.0. The Kier molecular flexibility index (Phi) is 6.37. The fourth-order valence-corrected chi connectivity index (χ4v) is 3.23. The van der Waals surface area contributed by atoms with E-state index >= 15 is 0 Å². The number of rotatable bonds is 6. The molecule has 1 saturated heterocycles. The Morgan fingerprint density at radius 1 is 1.15 bits per heavy atom. The Hall–Kier alpha value is -2.08. The predicted octanol–water partition coefficient (Wildman–Crippen LogP) is 5.04. The minimum absolute atomic E-state index is 0.0956. The molecular formula is C20H18Cl2N2O2S. The second-order valence-corrected chi connectivity index (χ2v) is 7.25. The number of nitrogens with one attached hydrogen (secondary N) is 1. The molecule has 2 aromatic carbocycles. The summed E-state index contributed by atoms with van der Waals surface area (Å²) in [6.45, 7) is 3.01. The van der Waals surface area contributed by atoms with Crippen molar-refractivity contribution in [2.75, 3.05) is 6.54 Å². The molecule has 1 aliphatic rings. The molecule has 0 saturated carbocycles. The molecule has 0 radical (unpaired) electrons. The van der Waals surface area contributed by atoms with Gasteiger partial charge in [-0.15, -0.1) is 0 Å². The van der Waals surface area contributed by atoms with Crippen molar-refractivity contribution in [1.29, 1.82) is 0 Å². The molecule has 3 rings (SSSR count). The van der Waals surface area contributed by atoms with Gasteiger partial charge in [0.05, 0.1) is 10.0 Å². The second kappa shape index (κ2) is 8.74. The molecule has 4 nitrogen and oxygen atoms in total. The number of hydrogen-bond acceptors (Lipinski definition) is 3. The molecule has 0 atom stereocenters. The molecular weight excluding hydrogens is 403 g/mol. The summed E-state index contributed by atoms with van der Waals surface area (Å²) in [4.78, 5) is 13.9. The van der Waals surface area contributed by atoms with Crippen molar-refractivity contribution in [1.82, 2.24) is 10.2 Å². The first-order valence-electron chi connectivity index (χ1n) is 8.49. The summed E-state index contributed by atoms with van der Waals surface area (Å²) in [6.07, 6.45) is 2.64. The zero-order chi connectivity index (χ0) is 19.4. The molecule has 0 aliphatic carbocycles. The number of halogens is 2. The summed E-state index contributed by atoms with van der Waals surface area (Å²) in [5.74, 6) is 0.624. The molecule has 0 bridgehead atoms. The topological polar surface area (TPSA) is 41.6 Å². The summed E-state index contributed by atoms with van der Waals surface area (Å²) >= 11 is 17.1. The monoisotopic (exact) mass is 420 g/mol. The fraction of sp³-hybridized carbons (Fsp3) is 0.200. The third kappa shape index (κ3) is 4.80. The van der Waals surface area contributed by atoms with E-state index in [0.717, 1.165) is 23.3 Å². The van der Waals surface area contributed by atoms with E-state index in [4.69, 9.17) is 40.2 Å². The Bertz CT molecular complexity index is 897. The van der Waals surface area contributed by atoms with Crippen LogP contribution in [0.1, 0.15) is 24.5 Å². The van der Waals surface area contributed by atoms with Crippen LogP contribution in [0.25, 0.3) is 6.08 Å². The van der Waals surface area contributed by atoms with Gasteiger partial charge in [-0.05, 0) is 60.1 Å². The van der Waals surface area contributed by atoms with E-state index in [-0.39, 0.29) is 5.91 Å². The minimum atomic E-state index is -0.0956. The van der Waals surface area contributed by atoms with E-state index in [0.29, 0.717) is 34.0 Å². The van der Waals surface area contributed by atoms with Crippen molar-refractivity contribution in [3.05, 3.63) is 69.3 Å². The Balaban J connectivity index is 1.64. The molecule has 1 aliphatic heterocycles. The number of amides is 1. The maximum absolute atomic E-state index is 12.4. The highest BCUT2D eigenvalue weighted by atomic mass is 35.5. The van der Waals surface area contributed by atoms with Gasteiger partial charge < -0.3 is 10.1 Å². The minimum Gasteiger partial charge on any atom is -0.489 e. The van der Waals surface area contributed by atoms with E-state index in [9.17, 15) is 4.79 Å². The maximum atomic E-state index is 12.4. The van der Waals surface area contributed by atoms with E-state index in [1.165, 1.54) is 0 Å². The van der Waals surface area contributed by atoms with Gasteiger partial charge in [0.15, 0.2) is 5.11 Å². The molecule has 1 heterocycles. The number of carbonyl (C=O) groups excluding carboxylic acids is 1. The first-order chi connectivity index (χ1) is 13.0. The summed E-state index contributed by atoms with van der Waals surface area (Å²) in [5.41, 5.74) is 2.30. The lowest BCUT2D eigenvalue weighted by atomic mass is 10.2. The van der Waals surface area contributed by atoms with Crippen molar-refractivity contribution >= 4 is 52.5 Å².